The minimum atomic E-state index is -1.68. The first-order valence-corrected chi connectivity index (χ1v) is 6.38. The van der Waals surface area contributed by atoms with Crippen molar-refractivity contribution in [3.05, 3.63) is 35.1 Å². The fourth-order valence-electron chi connectivity index (χ4n) is 2.54. The lowest BCUT2D eigenvalue weighted by Gasteiger charge is -2.25. The van der Waals surface area contributed by atoms with Crippen LogP contribution in [-0.4, -0.2) is 17.0 Å². The zero-order chi connectivity index (χ0) is 14.0. The van der Waals surface area contributed by atoms with E-state index in [9.17, 15) is 23.1 Å². The third-order valence-electron chi connectivity index (χ3n) is 3.67. The Balaban J connectivity index is 2.21. The molecule has 0 aliphatic heterocycles. The summed E-state index contributed by atoms with van der Waals surface area (Å²) in [6.07, 6.45) is 2.91. The number of Topliss-reactive ketones (excluding diaryl/α,β-unsaturated/α-hetero) is 1. The van der Waals surface area contributed by atoms with Crippen LogP contribution in [0.3, 0.4) is 0 Å². The van der Waals surface area contributed by atoms with Crippen LogP contribution in [0.2, 0.25) is 0 Å². The number of ketones is 1. The Morgan fingerprint density at radius 2 is 1.74 bits per heavy atom. The highest BCUT2D eigenvalue weighted by atomic mass is 19.2. The van der Waals surface area contributed by atoms with Crippen LogP contribution in [0.15, 0.2) is 12.1 Å². The van der Waals surface area contributed by atoms with Crippen LogP contribution in [0.25, 0.3) is 0 Å². The van der Waals surface area contributed by atoms with Gasteiger partial charge in [0.05, 0.1) is 5.56 Å². The molecule has 0 saturated heterocycles. The predicted octanol–water partition coefficient (Wildman–Crippen LogP) is 3.23. The number of carbonyl (C=O) groups excluding carboxylic acids is 1. The van der Waals surface area contributed by atoms with Gasteiger partial charge in [0.25, 0.3) is 0 Å². The molecule has 0 heterocycles. The highest BCUT2D eigenvalue weighted by Crippen LogP contribution is 2.28. The number of aliphatic hydroxyl groups excluding tert-OH is 1. The topological polar surface area (TPSA) is 37.3 Å². The summed E-state index contributed by atoms with van der Waals surface area (Å²) in [6.45, 7) is 0. The second-order valence-electron chi connectivity index (χ2n) is 4.93. The average molecular weight is 272 g/mol. The molecule has 0 radical (unpaired) electrons. The van der Waals surface area contributed by atoms with Crippen molar-refractivity contribution in [3.8, 4) is 0 Å². The van der Waals surface area contributed by atoms with E-state index in [1.54, 1.807) is 0 Å². The van der Waals surface area contributed by atoms with E-state index in [4.69, 9.17) is 0 Å². The molecule has 19 heavy (non-hydrogen) atoms. The standard InChI is InChI=1S/C14H15F3O2/c15-10-7-6-9(11(16)12(10)17)14(19)13(18)8-4-2-1-3-5-8/h6-8,13,18H,1-5H2. The Morgan fingerprint density at radius 1 is 1.11 bits per heavy atom. The maximum absolute atomic E-state index is 13.5. The number of hydrogen-bond donors (Lipinski definition) is 1. The van der Waals surface area contributed by atoms with Gasteiger partial charge < -0.3 is 5.11 Å². The zero-order valence-electron chi connectivity index (χ0n) is 10.3. The molecule has 1 aliphatic rings. The first kappa shape index (κ1) is 14.1. The monoisotopic (exact) mass is 272 g/mol. The lowest BCUT2D eigenvalue weighted by atomic mass is 9.82. The van der Waals surface area contributed by atoms with Gasteiger partial charge in [-0.25, -0.2) is 13.2 Å². The Bertz CT molecular complexity index is 482. The number of benzene rings is 1. The van der Waals surface area contributed by atoms with Gasteiger partial charge in [-0.1, -0.05) is 19.3 Å². The van der Waals surface area contributed by atoms with E-state index in [2.05, 4.69) is 0 Å². The second kappa shape index (κ2) is 5.74. The van der Waals surface area contributed by atoms with Crippen LogP contribution in [0.1, 0.15) is 42.5 Å². The van der Waals surface area contributed by atoms with E-state index in [1.165, 1.54) is 0 Å². The molecule has 0 aromatic heterocycles. The molecule has 1 atom stereocenters. The van der Waals surface area contributed by atoms with Gasteiger partial charge in [0, 0.05) is 0 Å². The summed E-state index contributed by atoms with van der Waals surface area (Å²) in [5.74, 6) is -5.65. The maximum Gasteiger partial charge on any atom is 0.195 e. The van der Waals surface area contributed by atoms with E-state index in [0.29, 0.717) is 18.9 Å². The average Bonchev–Trinajstić information content (AvgIpc) is 2.44. The molecule has 1 saturated carbocycles. The number of halogens is 3. The molecule has 1 aromatic carbocycles. The number of carbonyl (C=O) groups is 1. The quantitative estimate of drug-likeness (QED) is 0.677. The summed E-state index contributed by atoms with van der Waals surface area (Å²) in [5, 5.41) is 9.95. The van der Waals surface area contributed by atoms with Gasteiger partial charge in [-0.3, -0.25) is 4.79 Å². The van der Waals surface area contributed by atoms with Gasteiger partial charge in [0.2, 0.25) is 0 Å². The molecular formula is C14H15F3O2. The molecule has 104 valence electrons. The van der Waals surface area contributed by atoms with Crippen molar-refractivity contribution in [3.63, 3.8) is 0 Å². The third kappa shape index (κ3) is 2.81. The van der Waals surface area contributed by atoms with Gasteiger partial charge in [-0.05, 0) is 30.9 Å². The Kier molecular flexibility index (Phi) is 4.24. The van der Waals surface area contributed by atoms with Crippen molar-refractivity contribution in [2.24, 2.45) is 5.92 Å². The highest BCUT2D eigenvalue weighted by molar-refractivity contribution is 5.99. The SMILES string of the molecule is O=C(c1ccc(F)c(F)c1F)C(O)C1CCCCC1. The van der Waals surface area contributed by atoms with Crippen molar-refractivity contribution in [2.45, 2.75) is 38.2 Å². The molecule has 1 N–H and O–H groups in total. The van der Waals surface area contributed by atoms with Crippen molar-refractivity contribution < 1.29 is 23.1 Å². The molecule has 1 unspecified atom stereocenters. The molecule has 0 amide bonds. The number of aliphatic hydroxyl groups is 1. The minimum Gasteiger partial charge on any atom is -0.385 e. The molecule has 0 bridgehead atoms. The summed E-state index contributed by atoms with van der Waals surface area (Å²) < 4.78 is 39.4. The van der Waals surface area contributed by atoms with Crippen molar-refractivity contribution in [1.29, 1.82) is 0 Å². The third-order valence-corrected chi connectivity index (χ3v) is 3.67. The summed E-state index contributed by atoms with van der Waals surface area (Å²) >= 11 is 0. The van der Waals surface area contributed by atoms with Gasteiger partial charge >= 0.3 is 0 Å². The number of hydrogen-bond acceptors (Lipinski definition) is 2. The highest BCUT2D eigenvalue weighted by Gasteiger charge is 2.30. The summed E-state index contributed by atoms with van der Waals surface area (Å²) in [4.78, 5) is 11.9. The van der Waals surface area contributed by atoms with E-state index >= 15 is 0 Å². The first-order chi connectivity index (χ1) is 9.02. The van der Waals surface area contributed by atoms with E-state index < -0.39 is 34.9 Å². The van der Waals surface area contributed by atoms with Gasteiger partial charge in [-0.15, -0.1) is 0 Å². The van der Waals surface area contributed by atoms with Crippen molar-refractivity contribution in [2.75, 3.05) is 0 Å². The lowest BCUT2D eigenvalue weighted by molar-refractivity contribution is 0.0529. The van der Waals surface area contributed by atoms with Crippen LogP contribution in [0.5, 0.6) is 0 Å². The normalized spacial score (nSPS) is 18.3. The predicted molar refractivity (Wildman–Crippen MR) is 63.2 cm³/mol. The molecule has 5 heteroatoms. The van der Waals surface area contributed by atoms with Crippen molar-refractivity contribution in [1.82, 2.24) is 0 Å². The molecule has 1 fully saturated rings. The van der Waals surface area contributed by atoms with Crippen LogP contribution in [0.4, 0.5) is 13.2 Å². The molecule has 1 aromatic rings. The molecule has 0 spiro atoms. The molecular weight excluding hydrogens is 257 g/mol. The first-order valence-electron chi connectivity index (χ1n) is 6.38. The molecule has 1 aliphatic carbocycles. The minimum absolute atomic E-state index is 0.228. The van der Waals surface area contributed by atoms with Gasteiger partial charge in [0.15, 0.2) is 23.2 Å². The Morgan fingerprint density at radius 3 is 2.37 bits per heavy atom. The summed E-state index contributed by atoms with van der Waals surface area (Å²) in [5.41, 5.74) is -0.586. The van der Waals surface area contributed by atoms with E-state index in [1.807, 2.05) is 0 Å². The van der Waals surface area contributed by atoms with Gasteiger partial charge in [-0.2, -0.15) is 0 Å². The summed E-state index contributed by atoms with van der Waals surface area (Å²) in [6, 6.07) is 1.57. The van der Waals surface area contributed by atoms with E-state index in [-0.39, 0.29) is 5.92 Å². The van der Waals surface area contributed by atoms with Crippen molar-refractivity contribution >= 4 is 5.78 Å². The fourth-order valence-corrected chi connectivity index (χ4v) is 2.54. The summed E-state index contributed by atoms with van der Waals surface area (Å²) in [7, 11) is 0. The maximum atomic E-state index is 13.5. The molecule has 2 rings (SSSR count). The fraction of sp³-hybridized carbons (Fsp3) is 0.500. The number of rotatable bonds is 3. The van der Waals surface area contributed by atoms with E-state index in [0.717, 1.165) is 25.3 Å². The molecule has 2 nitrogen and oxygen atoms in total. The second-order valence-corrected chi connectivity index (χ2v) is 4.93. The lowest BCUT2D eigenvalue weighted by Crippen LogP contribution is -2.32. The van der Waals surface area contributed by atoms with Crippen LogP contribution in [0, 0.1) is 23.4 Å². The Hall–Kier alpha value is -1.36. The smallest absolute Gasteiger partial charge is 0.195 e. The van der Waals surface area contributed by atoms with Crippen LogP contribution < -0.4 is 0 Å². The van der Waals surface area contributed by atoms with Crippen LogP contribution in [-0.2, 0) is 0 Å². The zero-order valence-corrected chi connectivity index (χ0v) is 10.3. The Labute approximate surface area is 109 Å². The van der Waals surface area contributed by atoms with Crippen LogP contribution >= 0.6 is 0 Å². The largest absolute Gasteiger partial charge is 0.385 e. The van der Waals surface area contributed by atoms with Gasteiger partial charge in [0.1, 0.15) is 6.10 Å².